The summed E-state index contributed by atoms with van der Waals surface area (Å²) in [6.45, 7) is 16.0. The van der Waals surface area contributed by atoms with Crippen LogP contribution < -0.4 is 0 Å². The minimum Gasteiger partial charge on any atom is -0.0776 e. The largest absolute Gasteiger partial charge is 0.0776 e. The molecule has 0 aliphatic heterocycles. The fourth-order valence-electron chi connectivity index (χ4n) is 1.86. The lowest BCUT2D eigenvalue weighted by atomic mass is 10.0. The van der Waals surface area contributed by atoms with Crippen LogP contribution in [0, 0.1) is 17.8 Å². The molecule has 0 aliphatic carbocycles. The van der Waals surface area contributed by atoms with Crippen molar-refractivity contribution >= 4 is 0 Å². The second-order valence-corrected chi connectivity index (χ2v) is 6.61. The first-order valence-electron chi connectivity index (χ1n) is 7.90. The molecule has 0 nitrogen and oxygen atoms in total. The van der Waals surface area contributed by atoms with Gasteiger partial charge in [0.05, 0.1) is 0 Å². The quantitative estimate of drug-likeness (QED) is 0.400. The number of hydrogen-bond acceptors (Lipinski definition) is 0. The topological polar surface area (TPSA) is 0 Å². The maximum absolute atomic E-state index is 2.31. The van der Waals surface area contributed by atoms with Crippen molar-refractivity contribution in [3.8, 4) is 0 Å². The second kappa shape index (κ2) is 17.0. The van der Waals surface area contributed by atoms with E-state index >= 15 is 0 Å². The summed E-state index contributed by atoms with van der Waals surface area (Å²) in [5, 5.41) is 0. The highest BCUT2D eigenvalue weighted by Gasteiger charge is 1.96. The van der Waals surface area contributed by atoms with Crippen molar-refractivity contribution in [1.29, 1.82) is 0 Å². The van der Waals surface area contributed by atoms with Crippen molar-refractivity contribution in [3.63, 3.8) is 0 Å². The van der Waals surface area contributed by atoms with E-state index in [9.17, 15) is 0 Å². The van der Waals surface area contributed by atoms with Crippen molar-refractivity contribution in [2.75, 3.05) is 0 Å². The van der Waals surface area contributed by atoms with E-state index in [0.29, 0.717) is 0 Å². The van der Waals surface area contributed by atoms with Crippen molar-refractivity contribution in [2.24, 2.45) is 17.8 Å². The van der Waals surface area contributed by atoms with Crippen molar-refractivity contribution in [1.82, 2.24) is 0 Å². The lowest BCUT2D eigenvalue weighted by Crippen LogP contribution is -1.89. The van der Waals surface area contributed by atoms with Gasteiger partial charge >= 0.3 is 0 Å². The van der Waals surface area contributed by atoms with Crippen LogP contribution >= 0.6 is 0 Å². The average Bonchev–Trinajstić information content (AvgIpc) is 2.16. The maximum atomic E-state index is 2.31. The predicted molar refractivity (Wildman–Crippen MR) is 89.2 cm³/mol. The van der Waals surface area contributed by atoms with Crippen LogP contribution in [0.3, 0.4) is 0 Å². The summed E-state index contributed by atoms with van der Waals surface area (Å²) in [5.41, 5.74) is 0. The zero-order valence-corrected chi connectivity index (χ0v) is 13.7. The summed E-state index contributed by atoms with van der Waals surface area (Å²) in [5.74, 6) is 2.69. The first kappa shape index (κ1) is 23.1. The van der Waals surface area contributed by atoms with E-state index in [4.69, 9.17) is 0 Å². The van der Waals surface area contributed by atoms with Crippen LogP contribution in [0.4, 0.5) is 0 Å². The van der Waals surface area contributed by atoms with Gasteiger partial charge in [-0.1, -0.05) is 101 Å². The zero-order valence-electron chi connectivity index (χ0n) is 13.7. The molecular formula is C18H42. The molecule has 0 rings (SSSR count). The summed E-state index contributed by atoms with van der Waals surface area (Å²) in [6.07, 6.45) is 9.85. The molecule has 0 unspecified atom stereocenters. The summed E-state index contributed by atoms with van der Waals surface area (Å²) in [6, 6.07) is 0. The molecule has 0 heterocycles. The minimum atomic E-state index is 0. The van der Waals surface area contributed by atoms with Gasteiger partial charge in [-0.25, -0.2) is 0 Å². The van der Waals surface area contributed by atoms with Gasteiger partial charge in [0.1, 0.15) is 0 Å². The van der Waals surface area contributed by atoms with Crippen LogP contribution in [0.25, 0.3) is 0 Å². The molecule has 18 heavy (non-hydrogen) atoms. The fourth-order valence-corrected chi connectivity index (χ4v) is 1.86. The Morgan fingerprint density at radius 2 is 0.889 bits per heavy atom. The van der Waals surface area contributed by atoms with Crippen molar-refractivity contribution in [3.05, 3.63) is 0 Å². The molecule has 0 amide bonds. The maximum Gasteiger partial charge on any atom is -0.0471 e. The van der Waals surface area contributed by atoms with Gasteiger partial charge in [0, 0.05) is 0 Å². The lowest BCUT2D eigenvalue weighted by Gasteiger charge is -2.05. The first-order chi connectivity index (χ1) is 7.90. The predicted octanol–water partition coefficient (Wildman–Crippen LogP) is 7.33. The van der Waals surface area contributed by atoms with Crippen LogP contribution in [-0.2, 0) is 0 Å². The molecule has 0 fully saturated rings. The number of rotatable bonds is 8. The van der Waals surface area contributed by atoms with Crippen molar-refractivity contribution in [2.45, 2.75) is 101 Å². The Labute approximate surface area is 119 Å². The van der Waals surface area contributed by atoms with Gasteiger partial charge < -0.3 is 0 Å². The summed E-state index contributed by atoms with van der Waals surface area (Å²) in [7, 11) is 0. The zero-order chi connectivity index (χ0) is 13.7. The van der Waals surface area contributed by atoms with Gasteiger partial charge in [-0.15, -0.1) is 0 Å². The van der Waals surface area contributed by atoms with E-state index in [2.05, 4.69) is 48.5 Å². The van der Waals surface area contributed by atoms with Crippen LogP contribution in [0.2, 0.25) is 0 Å². The molecule has 0 N–H and O–H groups in total. The van der Waals surface area contributed by atoms with Gasteiger partial charge in [-0.2, -0.15) is 0 Å². The summed E-state index contributed by atoms with van der Waals surface area (Å²) in [4.78, 5) is 0. The van der Waals surface area contributed by atoms with Crippen molar-refractivity contribution < 1.29 is 0 Å². The summed E-state index contributed by atoms with van der Waals surface area (Å²) < 4.78 is 0. The monoisotopic (exact) mass is 258 g/mol. The third-order valence-electron chi connectivity index (χ3n) is 2.93. The van der Waals surface area contributed by atoms with E-state index in [1.165, 1.54) is 44.9 Å². The average molecular weight is 259 g/mol. The first-order valence-corrected chi connectivity index (χ1v) is 7.90. The molecule has 0 saturated carbocycles. The van der Waals surface area contributed by atoms with E-state index in [1.807, 2.05) is 0 Å². The molecule has 0 aromatic heterocycles. The molecule has 0 atom stereocenters. The van der Waals surface area contributed by atoms with Gasteiger partial charge in [-0.3, -0.25) is 0 Å². The Balaban J connectivity index is -0.000000277. The van der Waals surface area contributed by atoms with Gasteiger partial charge in [0.25, 0.3) is 0 Å². The molecule has 0 heteroatoms. The number of hydrogen-bond donors (Lipinski definition) is 0. The smallest absolute Gasteiger partial charge is 0.0471 e. The standard InChI is InChI=1S/C11H24.C6H14.CH4/c1-10(2)8-6-5-7-9-11(3)4;1-4-5-6(2)3;/h10-11H,5-9H2,1-4H3;6H,4-5H2,1-3H3;1H4. The highest BCUT2D eigenvalue weighted by atomic mass is 14.0. The van der Waals surface area contributed by atoms with E-state index in [0.717, 1.165) is 17.8 Å². The van der Waals surface area contributed by atoms with Crippen LogP contribution in [0.5, 0.6) is 0 Å². The molecule has 114 valence electrons. The van der Waals surface area contributed by atoms with E-state index in [1.54, 1.807) is 0 Å². The van der Waals surface area contributed by atoms with E-state index in [-0.39, 0.29) is 7.43 Å². The Bertz CT molecular complexity index is 112. The third kappa shape index (κ3) is 29.8. The SMILES string of the molecule is C.CC(C)CCCCCC(C)C.CCCC(C)C. The fraction of sp³-hybridized carbons (Fsp3) is 1.00. The molecule has 0 saturated heterocycles. The second-order valence-electron chi connectivity index (χ2n) is 6.61. The minimum absolute atomic E-state index is 0. The molecule has 0 aromatic rings. The molecule has 0 bridgehead atoms. The van der Waals surface area contributed by atoms with Gasteiger partial charge in [0.15, 0.2) is 0 Å². The lowest BCUT2D eigenvalue weighted by molar-refractivity contribution is 0.486. The van der Waals surface area contributed by atoms with Crippen LogP contribution in [-0.4, -0.2) is 0 Å². The normalized spacial score (nSPS) is 10.3. The molecule has 0 aromatic carbocycles. The van der Waals surface area contributed by atoms with E-state index < -0.39 is 0 Å². The molecular weight excluding hydrogens is 216 g/mol. The summed E-state index contributed by atoms with van der Waals surface area (Å²) >= 11 is 0. The third-order valence-corrected chi connectivity index (χ3v) is 2.93. The highest BCUT2D eigenvalue weighted by Crippen LogP contribution is 2.12. The Morgan fingerprint density at radius 1 is 0.556 bits per heavy atom. The Hall–Kier alpha value is 0. The molecule has 0 radical (unpaired) electrons. The van der Waals surface area contributed by atoms with Gasteiger partial charge in [0.2, 0.25) is 0 Å². The number of unbranched alkanes of at least 4 members (excludes halogenated alkanes) is 2. The van der Waals surface area contributed by atoms with Crippen LogP contribution in [0.15, 0.2) is 0 Å². The Kier molecular flexibility index (Phi) is 21.8. The van der Waals surface area contributed by atoms with Gasteiger partial charge in [-0.05, 0) is 17.8 Å². The van der Waals surface area contributed by atoms with Crippen LogP contribution in [0.1, 0.15) is 101 Å². The Morgan fingerprint density at radius 3 is 1.06 bits per heavy atom. The highest BCUT2D eigenvalue weighted by molar-refractivity contribution is 4.49. The molecule has 0 spiro atoms. The molecule has 0 aliphatic rings.